The van der Waals surface area contributed by atoms with E-state index in [1.54, 1.807) is 0 Å². The summed E-state index contributed by atoms with van der Waals surface area (Å²) in [6, 6.07) is 13.3. The van der Waals surface area contributed by atoms with Crippen molar-refractivity contribution in [3.05, 3.63) is 53.9 Å². The van der Waals surface area contributed by atoms with E-state index in [1.807, 2.05) is 49.4 Å². The van der Waals surface area contributed by atoms with Crippen molar-refractivity contribution >= 4 is 16.6 Å². The number of nitrogens with two attached hydrogens (primary N) is 1. The van der Waals surface area contributed by atoms with Crippen LogP contribution in [0.1, 0.15) is 18.3 Å². The molecule has 106 valence electrons. The lowest BCUT2D eigenvalue weighted by atomic mass is 10.2. The molecular formula is C17H17N3O. The van der Waals surface area contributed by atoms with E-state index >= 15 is 0 Å². The predicted octanol–water partition coefficient (Wildman–Crippen LogP) is 3.88. The highest BCUT2D eigenvalue weighted by atomic mass is 16.5. The molecule has 0 amide bonds. The summed E-state index contributed by atoms with van der Waals surface area (Å²) in [5, 5.41) is 1.00. The van der Waals surface area contributed by atoms with E-state index in [-0.39, 0.29) is 0 Å². The smallest absolute Gasteiger partial charge is 0.219 e. The van der Waals surface area contributed by atoms with Crippen molar-refractivity contribution in [2.75, 3.05) is 5.73 Å². The third-order valence-corrected chi connectivity index (χ3v) is 3.31. The Labute approximate surface area is 123 Å². The largest absolute Gasteiger partial charge is 0.437 e. The predicted molar refractivity (Wildman–Crippen MR) is 84.6 cm³/mol. The molecule has 0 radical (unpaired) electrons. The van der Waals surface area contributed by atoms with Crippen molar-refractivity contribution in [1.29, 1.82) is 0 Å². The van der Waals surface area contributed by atoms with Crippen LogP contribution < -0.4 is 10.5 Å². The van der Waals surface area contributed by atoms with Crippen LogP contribution in [-0.4, -0.2) is 9.97 Å². The van der Waals surface area contributed by atoms with E-state index in [9.17, 15) is 0 Å². The molecule has 3 aromatic rings. The number of aryl methyl sites for hydroxylation is 2. The first-order chi connectivity index (χ1) is 10.2. The zero-order valence-corrected chi connectivity index (χ0v) is 12.1. The number of fused-ring (bicyclic) bond motifs is 1. The van der Waals surface area contributed by atoms with Gasteiger partial charge in [-0.1, -0.05) is 6.92 Å². The van der Waals surface area contributed by atoms with Crippen molar-refractivity contribution in [3.63, 3.8) is 0 Å². The second kappa shape index (κ2) is 5.40. The molecule has 0 aliphatic rings. The zero-order valence-electron chi connectivity index (χ0n) is 12.1. The van der Waals surface area contributed by atoms with Crippen molar-refractivity contribution in [2.45, 2.75) is 20.3 Å². The number of ether oxygens (including phenoxy) is 1. The monoisotopic (exact) mass is 279 g/mol. The fourth-order valence-corrected chi connectivity index (χ4v) is 2.24. The topological polar surface area (TPSA) is 61.0 Å². The lowest BCUT2D eigenvalue weighted by Crippen LogP contribution is -1.97. The minimum atomic E-state index is 0.563. The number of hydrogen-bond acceptors (Lipinski definition) is 4. The van der Waals surface area contributed by atoms with Crippen LogP contribution in [-0.2, 0) is 6.42 Å². The zero-order chi connectivity index (χ0) is 14.8. The third-order valence-electron chi connectivity index (χ3n) is 3.31. The summed E-state index contributed by atoms with van der Waals surface area (Å²) < 4.78 is 5.89. The van der Waals surface area contributed by atoms with Crippen LogP contribution in [0, 0.1) is 6.92 Å². The van der Waals surface area contributed by atoms with Gasteiger partial charge in [0, 0.05) is 22.8 Å². The quantitative estimate of drug-likeness (QED) is 0.739. The fourth-order valence-electron chi connectivity index (χ4n) is 2.24. The van der Waals surface area contributed by atoms with Gasteiger partial charge in [-0.05, 0) is 49.7 Å². The van der Waals surface area contributed by atoms with Crippen LogP contribution in [0.2, 0.25) is 0 Å². The number of hydrogen-bond donors (Lipinski definition) is 1. The van der Waals surface area contributed by atoms with Crippen LogP contribution in [0.5, 0.6) is 11.6 Å². The first kappa shape index (κ1) is 13.4. The minimum absolute atomic E-state index is 0.563. The maximum Gasteiger partial charge on any atom is 0.219 e. The number of aromatic nitrogens is 2. The molecule has 0 bridgehead atoms. The Bertz CT molecular complexity index is 799. The Balaban J connectivity index is 1.96. The lowest BCUT2D eigenvalue weighted by molar-refractivity contribution is 0.456. The number of rotatable bonds is 3. The molecular weight excluding hydrogens is 262 g/mol. The van der Waals surface area contributed by atoms with Crippen LogP contribution >= 0.6 is 0 Å². The third kappa shape index (κ3) is 2.79. The van der Waals surface area contributed by atoms with Gasteiger partial charge >= 0.3 is 0 Å². The van der Waals surface area contributed by atoms with Crippen LogP contribution in [0.4, 0.5) is 5.69 Å². The van der Waals surface area contributed by atoms with Gasteiger partial charge in [-0.15, -0.1) is 0 Å². The van der Waals surface area contributed by atoms with E-state index in [2.05, 4.69) is 16.9 Å². The molecule has 0 spiro atoms. The van der Waals surface area contributed by atoms with Gasteiger partial charge in [-0.3, -0.25) is 4.98 Å². The number of anilines is 1. The molecule has 0 saturated carbocycles. The number of nitrogen functional groups attached to an aromatic ring is 1. The molecule has 0 unspecified atom stereocenters. The SMILES string of the molecule is CCc1nc(C)ccc1Oc1ccc2cc(N)ccc2n1. The summed E-state index contributed by atoms with van der Waals surface area (Å²) in [6.45, 7) is 4.03. The Kier molecular flexibility index (Phi) is 3.44. The normalized spacial score (nSPS) is 10.8. The maximum absolute atomic E-state index is 5.89. The van der Waals surface area contributed by atoms with Gasteiger partial charge in [-0.25, -0.2) is 4.98 Å². The van der Waals surface area contributed by atoms with Gasteiger partial charge in [0.25, 0.3) is 0 Å². The maximum atomic E-state index is 5.89. The molecule has 0 aliphatic heterocycles. The number of nitrogens with zero attached hydrogens (tertiary/aromatic N) is 2. The molecule has 2 heterocycles. The molecule has 2 aromatic heterocycles. The van der Waals surface area contributed by atoms with Gasteiger partial charge in [0.05, 0.1) is 11.2 Å². The summed E-state index contributed by atoms with van der Waals surface area (Å²) in [5.74, 6) is 1.32. The molecule has 3 rings (SSSR count). The highest BCUT2D eigenvalue weighted by Gasteiger charge is 2.07. The van der Waals surface area contributed by atoms with Crippen LogP contribution in [0.3, 0.4) is 0 Å². The molecule has 0 atom stereocenters. The molecule has 0 saturated heterocycles. The highest BCUT2D eigenvalue weighted by molar-refractivity contribution is 5.82. The average molecular weight is 279 g/mol. The van der Waals surface area contributed by atoms with E-state index in [4.69, 9.17) is 10.5 Å². The Morgan fingerprint density at radius 2 is 1.90 bits per heavy atom. The second-order valence-corrected chi connectivity index (χ2v) is 4.95. The summed E-state index contributed by atoms with van der Waals surface area (Å²) in [7, 11) is 0. The molecule has 1 aromatic carbocycles. The lowest BCUT2D eigenvalue weighted by Gasteiger charge is -2.10. The van der Waals surface area contributed by atoms with Gasteiger partial charge in [0.15, 0.2) is 5.75 Å². The van der Waals surface area contributed by atoms with Crippen molar-refractivity contribution in [1.82, 2.24) is 9.97 Å². The van der Waals surface area contributed by atoms with Gasteiger partial charge < -0.3 is 10.5 Å². The standard InChI is InChI=1S/C17H17N3O/c1-3-14-16(8-4-11(2)19-14)21-17-9-5-12-10-13(18)6-7-15(12)20-17/h4-10H,3,18H2,1-2H3. The van der Waals surface area contributed by atoms with Crippen molar-refractivity contribution < 1.29 is 4.74 Å². The van der Waals surface area contributed by atoms with Gasteiger partial charge in [0.1, 0.15) is 0 Å². The van der Waals surface area contributed by atoms with Gasteiger partial charge in [-0.2, -0.15) is 0 Å². The average Bonchev–Trinajstić information content (AvgIpc) is 2.49. The van der Waals surface area contributed by atoms with E-state index in [0.717, 1.165) is 40.1 Å². The summed E-state index contributed by atoms with van der Waals surface area (Å²) in [4.78, 5) is 9.00. The highest BCUT2D eigenvalue weighted by Crippen LogP contribution is 2.26. The fraction of sp³-hybridized carbons (Fsp3) is 0.176. The van der Waals surface area contributed by atoms with Crippen LogP contribution in [0.15, 0.2) is 42.5 Å². The Hall–Kier alpha value is -2.62. The van der Waals surface area contributed by atoms with Crippen molar-refractivity contribution in [3.8, 4) is 11.6 Å². The Morgan fingerprint density at radius 1 is 1.05 bits per heavy atom. The number of pyridine rings is 2. The van der Waals surface area contributed by atoms with Crippen molar-refractivity contribution in [2.24, 2.45) is 0 Å². The Morgan fingerprint density at radius 3 is 2.71 bits per heavy atom. The molecule has 0 aliphatic carbocycles. The summed E-state index contributed by atoms with van der Waals surface area (Å²) >= 11 is 0. The first-order valence-corrected chi connectivity index (χ1v) is 6.96. The number of benzene rings is 1. The molecule has 4 heteroatoms. The minimum Gasteiger partial charge on any atom is -0.437 e. The van der Waals surface area contributed by atoms with Crippen LogP contribution in [0.25, 0.3) is 10.9 Å². The van der Waals surface area contributed by atoms with Gasteiger partial charge in [0.2, 0.25) is 5.88 Å². The second-order valence-electron chi connectivity index (χ2n) is 4.95. The first-order valence-electron chi connectivity index (χ1n) is 6.96. The van der Waals surface area contributed by atoms with E-state index in [1.165, 1.54) is 0 Å². The van der Waals surface area contributed by atoms with E-state index in [0.29, 0.717) is 5.88 Å². The molecule has 2 N–H and O–H groups in total. The summed E-state index contributed by atoms with van der Waals surface area (Å²) in [6.07, 6.45) is 0.821. The molecule has 21 heavy (non-hydrogen) atoms. The van der Waals surface area contributed by atoms with E-state index < -0.39 is 0 Å². The summed E-state index contributed by atoms with van der Waals surface area (Å²) in [5.41, 5.74) is 9.29. The molecule has 4 nitrogen and oxygen atoms in total. The molecule has 0 fully saturated rings.